The molecule has 0 spiro atoms. The van der Waals surface area contributed by atoms with Crippen LogP contribution in [-0.4, -0.2) is 55.7 Å². The van der Waals surface area contributed by atoms with Crippen molar-refractivity contribution < 1.29 is 9.59 Å². The van der Waals surface area contributed by atoms with E-state index in [1.54, 1.807) is 13.0 Å². The monoisotopic (exact) mass is 447 g/mol. The number of likely N-dealkylation sites (tertiary alicyclic amines) is 2. The average molecular weight is 448 g/mol. The maximum Gasteiger partial charge on any atom is 0.273 e. The molecule has 2 amide bonds. The van der Waals surface area contributed by atoms with E-state index in [1.165, 1.54) is 5.56 Å². The summed E-state index contributed by atoms with van der Waals surface area (Å²) in [6, 6.07) is 12.1. The van der Waals surface area contributed by atoms with E-state index in [-0.39, 0.29) is 47.3 Å². The first kappa shape index (κ1) is 21.9. The van der Waals surface area contributed by atoms with E-state index < -0.39 is 0 Å². The highest BCUT2D eigenvalue weighted by Crippen LogP contribution is 2.55. The summed E-state index contributed by atoms with van der Waals surface area (Å²) in [6.45, 7) is 5.81. The third kappa shape index (κ3) is 3.58. The summed E-state index contributed by atoms with van der Waals surface area (Å²) in [5.41, 5.74) is 8.00. The van der Waals surface area contributed by atoms with Crippen molar-refractivity contribution in [3.05, 3.63) is 53.3 Å². The number of nitrogens with zero attached hydrogens (tertiary/aromatic N) is 4. The van der Waals surface area contributed by atoms with Crippen LogP contribution in [0, 0.1) is 12.3 Å². The van der Waals surface area contributed by atoms with Crippen LogP contribution in [0.2, 0.25) is 0 Å². The van der Waals surface area contributed by atoms with Crippen LogP contribution in [0.4, 0.5) is 5.95 Å². The molecule has 5 atom stereocenters. The molecule has 174 valence electrons. The normalized spacial score (nSPS) is 30.8. The highest BCUT2D eigenvalue weighted by atomic mass is 16.2. The lowest BCUT2D eigenvalue weighted by molar-refractivity contribution is -0.141. The maximum absolute atomic E-state index is 14.0. The Morgan fingerprint density at radius 2 is 1.76 bits per heavy atom. The number of nitrogen functional groups attached to an aromatic ring is 1. The highest BCUT2D eigenvalue weighted by molar-refractivity contribution is 5.93. The Bertz CT molecular complexity index is 1050. The summed E-state index contributed by atoms with van der Waals surface area (Å²) in [6.07, 6.45) is 5.73. The van der Waals surface area contributed by atoms with Crippen molar-refractivity contribution in [2.75, 3.05) is 5.73 Å². The fraction of sp³-hybridized carbons (Fsp3) is 0.538. The van der Waals surface area contributed by atoms with Gasteiger partial charge in [-0.15, -0.1) is 0 Å². The molecule has 33 heavy (non-hydrogen) atoms. The number of carbonyl (C=O) groups excluding carboxylic acids is 2. The summed E-state index contributed by atoms with van der Waals surface area (Å²) in [7, 11) is 0. The topological polar surface area (TPSA) is 92.4 Å². The van der Waals surface area contributed by atoms with Gasteiger partial charge in [-0.2, -0.15) is 0 Å². The fourth-order valence-corrected chi connectivity index (χ4v) is 6.93. The lowest BCUT2D eigenvalue weighted by Crippen LogP contribution is -2.61. The van der Waals surface area contributed by atoms with Crippen LogP contribution in [0.3, 0.4) is 0 Å². The van der Waals surface area contributed by atoms with Gasteiger partial charge in [0, 0.05) is 30.1 Å². The number of aromatic nitrogens is 2. The minimum atomic E-state index is -0.122. The largest absolute Gasteiger partial charge is 0.368 e. The standard InChI is InChI=1S/C26H33N5O2/c1-16-13-19(29-25(27)28-16)24(33)31-21-15-26(3)22(11-7-8-12-23(26)31)30(17(2)32)20(21)14-18-9-5-4-6-10-18/h4-6,9-10,13,20-23H,7-8,11-12,14-15H2,1-3H3,(H2,27,28,29)/t20-,21-,22+,23-,26+/m0/s1. The number of hydrogen-bond acceptors (Lipinski definition) is 5. The van der Waals surface area contributed by atoms with Gasteiger partial charge in [0.2, 0.25) is 11.9 Å². The van der Waals surface area contributed by atoms with E-state index in [1.807, 2.05) is 25.1 Å². The van der Waals surface area contributed by atoms with Gasteiger partial charge in [-0.1, -0.05) is 50.1 Å². The Balaban J connectivity index is 1.62. The van der Waals surface area contributed by atoms with Crippen molar-refractivity contribution in [3.63, 3.8) is 0 Å². The van der Waals surface area contributed by atoms with E-state index in [9.17, 15) is 9.59 Å². The zero-order chi connectivity index (χ0) is 23.3. The zero-order valence-electron chi connectivity index (χ0n) is 19.7. The summed E-state index contributed by atoms with van der Waals surface area (Å²) < 4.78 is 0. The molecule has 2 aliphatic heterocycles. The van der Waals surface area contributed by atoms with Crippen molar-refractivity contribution in [2.24, 2.45) is 5.41 Å². The van der Waals surface area contributed by atoms with Gasteiger partial charge in [-0.25, -0.2) is 9.97 Å². The molecule has 0 radical (unpaired) electrons. The SMILES string of the molecule is CC(=O)N1[C@@H](Cc2ccccc2)[C@@H]2C[C@@]3(C)[C@H](CCCC[C@@H]13)N2C(=O)c1cc(C)nc(N)n1. The molecule has 1 aromatic heterocycles. The van der Waals surface area contributed by atoms with E-state index in [0.29, 0.717) is 11.4 Å². The molecule has 2 N–H and O–H groups in total. The number of rotatable bonds is 3. The average Bonchev–Trinajstić information content (AvgIpc) is 2.91. The molecule has 2 aromatic rings. The summed E-state index contributed by atoms with van der Waals surface area (Å²) in [4.78, 5) is 39.8. The van der Waals surface area contributed by atoms with Crippen LogP contribution in [0.25, 0.3) is 0 Å². The van der Waals surface area contributed by atoms with Gasteiger partial charge >= 0.3 is 0 Å². The van der Waals surface area contributed by atoms with Gasteiger partial charge < -0.3 is 15.5 Å². The molecule has 3 aliphatic rings. The van der Waals surface area contributed by atoms with E-state index >= 15 is 0 Å². The van der Waals surface area contributed by atoms with E-state index in [2.05, 4.69) is 38.8 Å². The molecular formula is C26H33N5O2. The Labute approximate surface area is 195 Å². The minimum absolute atomic E-state index is 0.0533. The third-order valence-corrected chi connectivity index (χ3v) is 8.18. The van der Waals surface area contributed by atoms with Crippen LogP contribution in [0.1, 0.15) is 67.7 Å². The van der Waals surface area contributed by atoms with Crippen molar-refractivity contribution >= 4 is 17.8 Å². The molecule has 3 heterocycles. The van der Waals surface area contributed by atoms with Crippen molar-refractivity contribution in [3.8, 4) is 0 Å². The smallest absolute Gasteiger partial charge is 0.273 e. The van der Waals surface area contributed by atoms with Gasteiger partial charge in [-0.05, 0) is 44.2 Å². The Hall–Kier alpha value is -2.96. The number of carbonyl (C=O) groups is 2. The molecule has 1 aliphatic carbocycles. The second kappa shape index (κ2) is 8.12. The molecule has 7 nitrogen and oxygen atoms in total. The molecular weight excluding hydrogens is 414 g/mol. The molecule has 3 fully saturated rings. The number of amides is 2. The molecule has 1 aromatic carbocycles. The molecule has 2 saturated heterocycles. The number of nitrogens with two attached hydrogens (primary N) is 1. The first-order valence-electron chi connectivity index (χ1n) is 12.1. The fourth-order valence-electron chi connectivity index (χ4n) is 6.93. The third-order valence-electron chi connectivity index (χ3n) is 8.18. The Morgan fingerprint density at radius 1 is 1.09 bits per heavy atom. The summed E-state index contributed by atoms with van der Waals surface area (Å²) >= 11 is 0. The van der Waals surface area contributed by atoms with Gasteiger partial charge in [0.05, 0.1) is 12.1 Å². The number of aryl methyl sites for hydroxylation is 1. The predicted octanol–water partition coefficient (Wildman–Crippen LogP) is 3.37. The second-order valence-electron chi connectivity index (χ2n) is 10.2. The summed E-state index contributed by atoms with van der Waals surface area (Å²) in [5, 5.41) is 0. The second-order valence-corrected chi connectivity index (χ2v) is 10.2. The molecule has 0 unspecified atom stereocenters. The van der Waals surface area contributed by atoms with Crippen LogP contribution in [-0.2, 0) is 11.2 Å². The molecule has 2 bridgehead atoms. The predicted molar refractivity (Wildman–Crippen MR) is 126 cm³/mol. The van der Waals surface area contributed by atoms with Gasteiger partial charge in [0.25, 0.3) is 5.91 Å². The highest BCUT2D eigenvalue weighted by Gasteiger charge is 2.63. The lowest BCUT2D eigenvalue weighted by atomic mass is 9.69. The van der Waals surface area contributed by atoms with Gasteiger partial charge in [0.1, 0.15) is 5.69 Å². The van der Waals surface area contributed by atoms with E-state index in [0.717, 1.165) is 38.5 Å². The first-order chi connectivity index (χ1) is 15.8. The van der Waals surface area contributed by atoms with Crippen LogP contribution >= 0.6 is 0 Å². The van der Waals surface area contributed by atoms with Gasteiger partial charge in [-0.3, -0.25) is 9.59 Å². The summed E-state index contributed by atoms with van der Waals surface area (Å²) in [5.74, 6) is 0.139. The quantitative estimate of drug-likeness (QED) is 0.779. The molecule has 1 saturated carbocycles. The van der Waals surface area contributed by atoms with Crippen molar-refractivity contribution in [1.29, 1.82) is 0 Å². The van der Waals surface area contributed by atoms with Crippen LogP contribution in [0.5, 0.6) is 0 Å². The first-order valence-corrected chi connectivity index (χ1v) is 12.1. The molecule has 5 rings (SSSR count). The van der Waals surface area contributed by atoms with Crippen LogP contribution in [0.15, 0.2) is 36.4 Å². The lowest BCUT2D eigenvalue weighted by Gasteiger charge is -2.50. The number of fused-ring (bicyclic) bond motifs is 1. The van der Waals surface area contributed by atoms with Crippen LogP contribution < -0.4 is 5.73 Å². The van der Waals surface area contributed by atoms with E-state index in [4.69, 9.17) is 5.73 Å². The Morgan fingerprint density at radius 3 is 2.39 bits per heavy atom. The van der Waals surface area contributed by atoms with Crippen molar-refractivity contribution in [1.82, 2.24) is 19.8 Å². The van der Waals surface area contributed by atoms with Gasteiger partial charge in [0.15, 0.2) is 0 Å². The van der Waals surface area contributed by atoms with Crippen molar-refractivity contribution in [2.45, 2.75) is 83.5 Å². The number of benzene rings is 1. The zero-order valence-corrected chi connectivity index (χ0v) is 19.7. The maximum atomic E-state index is 14.0. The Kier molecular flexibility index (Phi) is 5.38. The number of hydrogen-bond donors (Lipinski definition) is 1. The number of piperidine rings is 1. The number of anilines is 1. The minimum Gasteiger partial charge on any atom is -0.368 e. The molecule has 7 heteroatoms.